The third-order valence-corrected chi connectivity index (χ3v) is 5.18. The van der Waals surface area contributed by atoms with E-state index < -0.39 is 0 Å². The van der Waals surface area contributed by atoms with Gasteiger partial charge in [0.25, 0.3) is 5.91 Å². The van der Waals surface area contributed by atoms with Crippen molar-refractivity contribution >= 4 is 23.2 Å². The molecular formula is C25H22ClN3O3. The van der Waals surface area contributed by atoms with Gasteiger partial charge in [-0.15, -0.1) is 0 Å². The predicted octanol–water partition coefficient (Wildman–Crippen LogP) is 5.52. The van der Waals surface area contributed by atoms with Gasteiger partial charge < -0.3 is 14.8 Å². The molecule has 0 fully saturated rings. The summed E-state index contributed by atoms with van der Waals surface area (Å²) in [5.41, 5.74) is 3.32. The van der Waals surface area contributed by atoms with Gasteiger partial charge in [-0.2, -0.15) is 5.10 Å². The SMILES string of the molecule is COc1cccc(-c2nn(Cc3ccccc3)cc2C(=O)Nc2cc(Cl)ccc2OC)c1. The Kier molecular flexibility index (Phi) is 6.42. The largest absolute Gasteiger partial charge is 0.497 e. The van der Waals surface area contributed by atoms with Gasteiger partial charge in [-0.05, 0) is 35.9 Å². The smallest absolute Gasteiger partial charge is 0.259 e. The zero-order chi connectivity index (χ0) is 22.5. The number of amides is 1. The first-order chi connectivity index (χ1) is 15.6. The molecule has 0 bridgehead atoms. The molecule has 1 heterocycles. The lowest BCUT2D eigenvalue weighted by atomic mass is 10.1. The average molecular weight is 448 g/mol. The van der Waals surface area contributed by atoms with Gasteiger partial charge in [0.1, 0.15) is 17.2 Å². The molecule has 0 saturated heterocycles. The Morgan fingerprint density at radius 2 is 1.81 bits per heavy atom. The Labute approximate surface area is 191 Å². The fourth-order valence-electron chi connectivity index (χ4n) is 3.39. The van der Waals surface area contributed by atoms with E-state index in [1.54, 1.807) is 43.3 Å². The minimum atomic E-state index is -0.317. The number of halogens is 1. The van der Waals surface area contributed by atoms with Gasteiger partial charge in [-0.3, -0.25) is 9.48 Å². The van der Waals surface area contributed by atoms with Gasteiger partial charge in [0.15, 0.2) is 0 Å². The van der Waals surface area contributed by atoms with Crippen molar-refractivity contribution in [3.05, 3.63) is 95.1 Å². The molecule has 7 heteroatoms. The summed E-state index contributed by atoms with van der Waals surface area (Å²) in [7, 11) is 3.14. The molecule has 1 amide bonds. The molecule has 32 heavy (non-hydrogen) atoms. The Hall–Kier alpha value is -3.77. The summed E-state index contributed by atoms with van der Waals surface area (Å²) >= 11 is 6.12. The fraction of sp³-hybridized carbons (Fsp3) is 0.120. The highest BCUT2D eigenvalue weighted by molar-refractivity contribution is 6.31. The molecule has 0 unspecified atom stereocenters. The lowest BCUT2D eigenvalue weighted by molar-refractivity contribution is 0.102. The molecule has 4 rings (SSSR count). The van der Waals surface area contributed by atoms with Crippen molar-refractivity contribution in [3.63, 3.8) is 0 Å². The first-order valence-corrected chi connectivity index (χ1v) is 10.4. The molecule has 1 aromatic heterocycles. The molecule has 162 valence electrons. The second kappa shape index (κ2) is 9.58. The van der Waals surface area contributed by atoms with Crippen LogP contribution in [0.4, 0.5) is 5.69 Å². The Morgan fingerprint density at radius 1 is 1.00 bits per heavy atom. The number of rotatable bonds is 7. The Morgan fingerprint density at radius 3 is 2.56 bits per heavy atom. The molecule has 0 radical (unpaired) electrons. The monoisotopic (exact) mass is 447 g/mol. The number of ether oxygens (including phenoxy) is 2. The second-order valence-electron chi connectivity index (χ2n) is 7.11. The van der Waals surface area contributed by atoms with Gasteiger partial charge in [-0.1, -0.05) is 54.1 Å². The van der Waals surface area contributed by atoms with Gasteiger partial charge in [0.2, 0.25) is 0 Å². The lowest BCUT2D eigenvalue weighted by Crippen LogP contribution is -2.13. The van der Waals surface area contributed by atoms with Crippen LogP contribution >= 0.6 is 11.6 Å². The normalized spacial score (nSPS) is 10.6. The van der Waals surface area contributed by atoms with Gasteiger partial charge >= 0.3 is 0 Å². The van der Waals surface area contributed by atoms with E-state index in [0.717, 1.165) is 11.1 Å². The van der Waals surface area contributed by atoms with E-state index in [1.807, 2.05) is 54.6 Å². The molecule has 4 aromatic rings. The van der Waals surface area contributed by atoms with Crippen molar-refractivity contribution in [2.24, 2.45) is 0 Å². The Bertz CT molecular complexity index is 1240. The minimum Gasteiger partial charge on any atom is -0.497 e. The van der Waals surface area contributed by atoms with Crippen molar-refractivity contribution in [1.82, 2.24) is 9.78 Å². The maximum absolute atomic E-state index is 13.3. The molecular weight excluding hydrogens is 426 g/mol. The number of hydrogen-bond acceptors (Lipinski definition) is 4. The van der Waals surface area contributed by atoms with Crippen LogP contribution in [0.5, 0.6) is 11.5 Å². The standard InChI is InChI=1S/C25H22ClN3O3/c1-31-20-10-6-9-18(13-20)24-21(16-29(28-24)15-17-7-4-3-5-8-17)25(30)27-22-14-19(26)11-12-23(22)32-2/h3-14,16H,15H2,1-2H3,(H,27,30). The number of nitrogens with one attached hydrogen (secondary N) is 1. The number of aromatic nitrogens is 2. The minimum absolute atomic E-state index is 0.317. The highest BCUT2D eigenvalue weighted by Crippen LogP contribution is 2.30. The van der Waals surface area contributed by atoms with Crippen LogP contribution in [-0.4, -0.2) is 29.9 Å². The van der Waals surface area contributed by atoms with Crippen LogP contribution in [0.1, 0.15) is 15.9 Å². The van der Waals surface area contributed by atoms with Crippen LogP contribution < -0.4 is 14.8 Å². The van der Waals surface area contributed by atoms with E-state index in [2.05, 4.69) is 5.32 Å². The van der Waals surface area contributed by atoms with Gasteiger partial charge in [0.05, 0.1) is 32.0 Å². The summed E-state index contributed by atoms with van der Waals surface area (Å²) in [4.78, 5) is 13.3. The van der Waals surface area contributed by atoms with Crippen LogP contribution in [0, 0.1) is 0 Å². The van der Waals surface area contributed by atoms with E-state index in [9.17, 15) is 4.79 Å². The third-order valence-electron chi connectivity index (χ3n) is 4.95. The van der Waals surface area contributed by atoms with E-state index in [1.165, 1.54) is 0 Å². The van der Waals surface area contributed by atoms with Gasteiger partial charge in [0, 0.05) is 16.8 Å². The number of methoxy groups -OCH3 is 2. The first kappa shape index (κ1) is 21.5. The van der Waals surface area contributed by atoms with Crippen molar-refractivity contribution in [2.75, 3.05) is 19.5 Å². The molecule has 0 spiro atoms. The fourth-order valence-corrected chi connectivity index (χ4v) is 3.56. The quantitative estimate of drug-likeness (QED) is 0.405. The number of nitrogens with zero attached hydrogens (tertiary/aromatic N) is 2. The number of carbonyl (C=O) groups is 1. The average Bonchev–Trinajstić information content (AvgIpc) is 3.24. The van der Waals surface area contributed by atoms with Crippen molar-refractivity contribution in [2.45, 2.75) is 6.54 Å². The third kappa shape index (κ3) is 4.76. The highest BCUT2D eigenvalue weighted by Gasteiger charge is 2.20. The summed E-state index contributed by atoms with van der Waals surface area (Å²) in [6.45, 7) is 0.533. The van der Waals surface area contributed by atoms with E-state index in [4.69, 9.17) is 26.2 Å². The summed E-state index contributed by atoms with van der Waals surface area (Å²) in [6, 6.07) is 22.5. The summed E-state index contributed by atoms with van der Waals surface area (Å²) in [5.74, 6) is 0.882. The van der Waals surface area contributed by atoms with E-state index >= 15 is 0 Å². The number of benzene rings is 3. The molecule has 6 nitrogen and oxygen atoms in total. The zero-order valence-electron chi connectivity index (χ0n) is 17.7. The molecule has 0 aliphatic heterocycles. The Balaban J connectivity index is 1.73. The van der Waals surface area contributed by atoms with Crippen LogP contribution in [0.25, 0.3) is 11.3 Å². The van der Waals surface area contributed by atoms with Crippen LogP contribution in [0.3, 0.4) is 0 Å². The van der Waals surface area contributed by atoms with Crippen LogP contribution in [-0.2, 0) is 6.54 Å². The van der Waals surface area contributed by atoms with Crippen LogP contribution in [0.15, 0.2) is 79.0 Å². The lowest BCUT2D eigenvalue weighted by Gasteiger charge is -2.10. The summed E-state index contributed by atoms with van der Waals surface area (Å²) in [6.07, 6.45) is 1.74. The van der Waals surface area contributed by atoms with Crippen molar-refractivity contribution in [3.8, 4) is 22.8 Å². The number of carbonyl (C=O) groups excluding carboxylic acids is 1. The molecule has 3 aromatic carbocycles. The molecule has 0 aliphatic rings. The van der Waals surface area contributed by atoms with Crippen molar-refractivity contribution < 1.29 is 14.3 Å². The van der Waals surface area contributed by atoms with Crippen molar-refractivity contribution in [1.29, 1.82) is 0 Å². The maximum Gasteiger partial charge on any atom is 0.259 e. The summed E-state index contributed by atoms with van der Waals surface area (Å²) < 4.78 is 12.5. The predicted molar refractivity (Wildman–Crippen MR) is 126 cm³/mol. The summed E-state index contributed by atoms with van der Waals surface area (Å²) in [5, 5.41) is 8.11. The topological polar surface area (TPSA) is 65.4 Å². The first-order valence-electron chi connectivity index (χ1n) is 9.98. The van der Waals surface area contributed by atoms with Crippen LogP contribution in [0.2, 0.25) is 5.02 Å². The highest BCUT2D eigenvalue weighted by atomic mass is 35.5. The molecule has 0 atom stereocenters. The molecule has 0 saturated carbocycles. The van der Waals surface area contributed by atoms with E-state index in [0.29, 0.717) is 40.0 Å². The number of hydrogen-bond donors (Lipinski definition) is 1. The molecule has 0 aliphatic carbocycles. The maximum atomic E-state index is 13.3. The zero-order valence-corrected chi connectivity index (χ0v) is 18.5. The second-order valence-corrected chi connectivity index (χ2v) is 7.54. The van der Waals surface area contributed by atoms with Gasteiger partial charge in [-0.25, -0.2) is 0 Å². The molecule has 1 N–H and O–H groups in total. The van der Waals surface area contributed by atoms with E-state index in [-0.39, 0.29) is 5.91 Å². The number of anilines is 1.